The van der Waals surface area contributed by atoms with Gasteiger partial charge >= 0.3 is 5.63 Å². The highest BCUT2D eigenvalue weighted by Crippen LogP contribution is 2.17. The number of aliphatic hydroxyl groups is 1. The fourth-order valence-corrected chi connectivity index (χ4v) is 1.47. The van der Waals surface area contributed by atoms with E-state index in [1.54, 1.807) is 6.07 Å². The van der Waals surface area contributed by atoms with Gasteiger partial charge in [0.05, 0.1) is 6.61 Å². The molecule has 0 fully saturated rings. The van der Waals surface area contributed by atoms with Crippen molar-refractivity contribution < 1.29 is 9.52 Å². The molecule has 0 saturated heterocycles. The minimum absolute atomic E-state index is 0.148. The summed E-state index contributed by atoms with van der Waals surface area (Å²) in [6, 6.07) is 6.87. The summed E-state index contributed by atoms with van der Waals surface area (Å²) < 4.78 is 5.02. The van der Waals surface area contributed by atoms with E-state index in [0.29, 0.717) is 11.1 Å². The van der Waals surface area contributed by atoms with Gasteiger partial charge < -0.3 is 9.52 Å². The van der Waals surface area contributed by atoms with Crippen LogP contribution in [0.25, 0.3) is 11.0 Å². The number of rotatable bonds is 1. The zero-order valence-electron chi connectivity index (χ0n) is 7.78. The maximum absolute atomic E-state index is 11.1. The van der Waals surface area contributed by atoms with Gasteiger partial charge in [0.15, 0.2) is 0 Å². The van der Waals surface area contributed by atoms with Crippen molar-refractivity contribution in [1.29, 1.82) is 0 Å². The first-order chi connectivity index (χ1) is 6.70. The summed E-state index contributed by atoms with van der Waals surface area (Å²) in [6.45, 7) is 1.77. The predicted molar refractivity (Wildman–Crippen MR) is 53.1 cm³/mol. The van der Waals surface area contributed by atoms with Crippen LogP contribution >= 0.6 is 0 Å². The van der Waals surface area contributed by atoms with E-state index in [1.165, 1.54) is 6.07 Å². The fourth-order valence-electron chi connectivity index (χ4n) is 1.47. The third-order valence-electron chi connectivity index (χ3n) is 2.16. The van der Waals surface area contributed by atoms with Crippen molar-refractivity contribution in [2.24, 2.45) is 0 Å². The van der Waals surface area contributed by atoms with Gasteiger partial charge in [-0.3, -0.25) is 0 Å². The Hall–Kier alpha value is -1.61. The highest BCUT2D eigenvalue weighted by atomic mass is 16.4. The molecule has 0 saturated carbocycles. The van der Waals surface area contributed by atoms with Gasteiger partial charge in [0, 0.05) is 11.5 Å². The molecule has 72 valence electrons. The topological polar surface area (TPSA) is 50.4 Å². The summed E-state index contributed by atoms with van der Waals surface area (Å²) >= 11 is 0. The summed E-state index contributed by atoms with van der Waals surface area (Å²) in [4.78, 5) is 11.1. The quantitative estimate of drug-likeness (QED) is 0.695. The van der Waals surface area contributed by atoms with Crippen molar-refractivity contribution in [3.63, 3.8) is 0 Å². The van der Waals surface area contributed by atoms with Gasteiger partial charge in [0.1, 0.15) is 5.58 Å². The maximum Gasteiger partial charge on any atom is 0.336 e. The molecular weight excluding hydrogens is 180 g/mol. The second-order valence-corrected chi connectivity index (χ2v) is 3.25. The molecule has 1 heterocycles. The Morgan fingerprint density at radius 3 is 2.86 bits per heavy atom. The molecule has 1 N–H and O–H groups in total. The second-order valence-electron chi connectivity index (χ2n) is 3.25. The molecule has 3 heteroatoms. The summed E-state index contributed by atoms with van der Waals surface area (Å²) in [5.74, 6) is 0. The highest BCUT2D eigenvalue weighted by molar-refractivity contribution is 5.80. The summed E-state index contributed by atoms with van der Waals surface area (Å²) in [5, 5.41) is 9.84. The molecule has 0 bridgehead atoms. The molecule has 0 atom stereocenters. The standard InChI is InChI=1S/C11H10O3/c1-7-2-3-9-8(6-12)5-11(13)14-10(9)4-7/h2-5,12H,6H2,1H3. The van der Waals surface area contributed by atoms with Gasteiger partial charge in [-0.05, 0) is 24.1 Å². The molecule has 0 unspecified atom stereocenters. The van der Waals surface area contributed by atoms with Crippen molar-refractivity contribution in [3.05, 3.63) is 45.8 Å². The maximum atomic E-state index is 11.1. The average Bonchev–Trinajstić information content (AvgIpc) is 2.15. The van der Waals surface area contributed by atoms with Crippen LogP contribution in [0.15, 0.2) is 33.5 Å². The van der Waals surface area contributed by atoms with Crippen molar-refractivity contribution in [1.82, 2.24) is 0 Å². The van der Waals surface area contributed by atoms with E-state index in [2.05, 4.69) is 0 Å². The van der Waals surface area contributed by atoms with Gasteiger partial charge in [-0.15, -0.1) is 0 Å². The summed E-state index contributed by atoms with van der Waals surface area (Å²) in [7, 11) is 0. The molecule has 0 amide bonds. The van der Waals surface area contributed by atoms with Crippen LogP contribution in [0.3, 0.4) is 0 Å². The predicted octanol–water partition coefficient (Wildman–Crippen LogP) is 1.59. The van der Waals surface area contributed by atoms with Crippen molar-refractivity contribution >= 4 is 11.0 Å². The van der Waals surface area contributed by atoms with E-state index in [0.717, 1.165) is 10.9 Å². The summed E-state index contributed by atoms with van der Waals surface area (Å²) in [5.41, 5.74) is 1.74. The van der Waals surface area contributed by atoms with Crippen LogP contribution in [0, 0.1) is 6.92 Å². The van der Waals surface area contributed by atoms with E-state index in [4.69, 9.17) is 9.52 Å². The lowest BCUT2D eigenvalue weighted by Gasteiger charge is -2.02. The van der Waals surface area contributed by atoms with E-state index in [-0.39, 0.29) is 6.61 Å². The number of aryl methyl sites for hydroxylation is 1. The number of hydrogen-bond donors (Lipinski definition) is 1. The molecule has 0 aliphatic heterocycles. The third-order valence-corrected chi connectivity index (χ3v) is 2.16. The molecular formula is C11H10O3. The first kappa shape index (κ1) is 8.97. The Bertz CT molecular complexity index is 526. The first-order valence-corrected chi connectivity index (χ1v) is 4.35. The SMILES string of the molecule is Cc1ccc2c(CO)cc(=O)oc2c1. The van der Waals surface area contributed by atoms with Gasteiger partial charge in [-0.1, -0.05) is 12.1 Å². The average molecular weight is 190 g/mol. The van der Waals surface area contributed by atoms with Gasteiger partial charge in [-0.2, -0.15) is 0 Å². The van der Waals surface area contributed by atoms with Crippen molar-refractivity contribution in [2.45, 2.75) is 13.5 Å². The van der Waals surface area contributed by atoms with Crippen molar-refractivity contribution in [2.75, 3.05) is 0 Å². The molecule has 1 aromatic heterocycles. The van der Waals surface area contributed by atoms with Gasteiger partial charge in [-0.25, -0.2) is 4.79 Å². The Labute approximate surface area is 80.6 Å². The molecule has 0 aliphatic rings. The Balaban J connectivity index is 2.87. The zero-order valence-corrected chi connectivity index (χ0v) is 7.78. The van der Waals surface area contributed by atoms with Gasteiger partial charge in [0.2, 0.25) is 0 Å². The number of hydrogen-bond acceptors (Lipinski definition) is 3. The smallest absolute Gasteiger partial charge is 0.336 e. The van der Waals surface area contributed by atoms with E-state index >= 15 is 0 Å². The van der Waals surface area contributed by atoms with Crippen LogP contribution in [-0.2, 0) is 6.61 Å². The lowest BCUT2D eigenvalue weighted by molar-refractivity contribution is 0.282. The number of fused-ring (bicyclic) bond motifs is 1. The molecule has 0 aliphatic carbocycles. The van der Waals surface area contributed by atoms with Crippen LogP contribution in [-0.4, -0.2) is 5.11 Å². The summed E-state index contributed by atoms with van der Waals surface area (Å²) in [6.07, 6.45) is 0. The largest absolute Gasteiger partial charge is 0.423 e. The second kappa shape index (κ2) is 3.27. The normalized spacial score (nSPS) is 10.7. The Kier molecular flexibility index (Phi) is 2.09. The van der Waals surface area contributed by atoms with Crippen LogP contribution in [0.2, 0.25) is 0 Å². The lowest BCUT2D eigenvalue weighted by atomic mass is 10.1. The number of aliphatic hydroxyl groups excluding tert-OH is 1. The third kappa shape index (κ3) is 1.42. The minimum Gasteiger partial charge on any atom is -0.423 e. The van der Waals surface area contributed by atoms with Gasteiger partial charge in [0.25, 0.3) is 0 Å². The van der Waals surface area contributed by atoms with Crippen LogP contribution in [0.5, 0.6) is 0 Å². The first-order valence-electron chi connectivity index (χ1n) is 4.35. The fraction of sp³-hybridized carbons (Fsp3) is 0.182. The van der Waals surface area contributed by atoms with Crippen LogP contribution < -0.4 is 5.63 Å². The molecule has 0 radical (unpaired) electrons. The van der Waals surface area contributed by atoms with Crippen LogP contribution in [0.1, 0.15) is 11.1 Å². The van der Waals surface area contributed by atoms with Crippen LogP contribution in [0.4, 0.5) is 0 Å². The van der Waals surface area contributed by atoms with Crippen molar-refractivity contribution in [3.8, 4) is 0 Å². The molecule has 2 rings (SSSR count). The van der Waals surface area contributed by atoms with E-state index < -0.39 is 5.63 Å². The zero-order chi connectivity index (χ0) is 10.1. The molecule has 2 aromatic rings. The molecule has 14 heavy (non-hydrogen) atoms. The van der Waals surface area contributed by atoms with E-state index in [1.807, 2.05) is 19.1 Å². The number of benzene rings is 1. The molecule has 3 nitrogen and oxygen atoms in total. The Morgan fingerprint density at radius 1 is 1.36 bits per heavy atom. The monoisotopic (exact) mass is 190 g/mol. The lowest BCUT2D eigenvalue weighted by Crippen LogP contribution is -2.00. The highest BCUT2D eigenvalue weighted by Gasteiger charge is 2.03. The minimum atomic E-state index is -0.424. The molecule has 0 spiro atoms. The van der Waals surface area contributed by atoms with E-state index in [9.17, 15) is 4.79 Å². The molecule has 1 aromatic carbocycles. The Morgan fingerprint density at radius 2 is 2.14 bits per heavy atom.